The van der Waals surface area contributed by atoms with Gasteiger partial charge in [0.25, 0.3) is 0 Å². The molecule has 0 aromatic heterocycles. The Morgan fingerprint density at radius 2 is 1.93 bits per heavy atom. The van der Waals surface area contributed by atoms with Crippen LogP contribution in [0.5, 0.6) is 11.5 Å². The molecule has 0 saturated heterocycles. The Balaban J connectivity index is 2.55. The summed E-state index contributed by atoms with van der Waals surface area (Å²) in [5.41, 5.74) is 0.188. The van der Waals surface area contributed by atoms with Gasteiger partial charge in [0.1, 0.15) is 22.9 Å². The number of nitrogens with zero attached hydrogens (tertiary/aromatic N) is 1. The van der Waals surface area contributed by atoms with E-state index in [2.05, 4.69) is 25.7 Å². The van der Waals surface area contributed by atoms with E-state index < -0.39 is 23.1 Å². The molecule has 0 heterocycles. The summed E-state index contributed by atoms with van der Waals surface area (Å²) in [6.45, 7) is 0. The smallest absolute Gasteiger partial charge is 0.444 e. The van der Waals surface area contributed by atoms with Gasteiger partial charge in [-0.1, -0.05) is 33.6 Å². The maximum Gasteiger partial charge on any atom is 0.444 e. The van der Waals surface area contributed by atoms with Crippen molar-refractivity contribution in [1.29, 1.82) is 0 Å². The summed E-state index contributed by atoms with van der Waals surface area (Å²) in [4.78, 5) is 15.3. The molecule has 28 heavy (non-hydrogen) atoms. The number of esters is 1. The van der Waals surface area contributed by atoms with E-state index in [4.69, 9.17) is 16.3 Å². The molecule has 2 rings (SSSR count). The average Bonchev–Trinajstić information content (AvgIpc) is 2.63. The molecule has 150 valence electrons. The van der Waals surface area contributed by atoms with Crippen LogP contribution < -0.4 is 4.74 Å². The summed E-state index contributed by atoms with van der Waals surface area (Å²) in [6.07, 6.45) is -4.56. The highest BCUT2D eigenvalue weighted by molar-refractivity contribution is 9.09. The molecule has 2 aromatic rings. The number of carbonyl (C=O) groups excluding carboxylic acids is 1. The van der Waals surface area contributed by atoms with Gasteiger partial charge in [-0.3, -0.25) is 0 Å². The molecule has 0 saturated carbocycles. The molecule has 0 fully saturated rings. The highest BCUT2D eigenvalue weighted by Gasteiger charge is 2.34. The molecule has 0 bridgehead atoms. The van der Waals surface area contributed by atoms with Crippen LogP contribution in [0.3, 0.4) is 0 Å². The lowest BCUT2D eigenvalue weighted by Crippen LogP contribution is -2.16. The molecule has 0 amide bonds. The molecule has 0 aliphatic rings. The number of hydrogen-bond donors (Lipinski definition) is 0. The molecule has 0 atom stereocenters. The first-order chi connectivity index (χ1) is 13.2. The maximum absolute atomic E-state index is 13.6. The van der Waals surface area contributed by atoms with Crippen LogP contribution in [-0.2, 0) is 11.2 Å². The Kier molecular flexibility index (Phi) is 7.42. The first-order valence-electron chi connectivity index (χ1n) is 7.72. The Bertz CT molecular complexity index is 903. The zero-order valence-corrected chi connectivity index (χ0v) is 16.7. The number of rotatable bonds is 6. The normalized spacial score (nSPS) is 12.0. The monoisotopic (exact) mass is 481 g/mol. The van der Waals surface area contributed by atoms with Crippen molar-refractivity contribution in [1.82, 2.24) is 0 Å². The van der Waals surface area contributed by atoms with Crippen LogP contribution in [0, 0.1) is 5.82 Å². The van der Waals surface area contributed by atoms with Gasteiger partial charge in [-0.2, -0.15) is 13.2 Å². The van der Waals surface area contributed by atoms with Crippen LogP contribution in [0.25, 0.3) is 0 Å². The first-order valence-corrected chi connectivity index (χ1v) is 9.22. The minimum atomic E-state index is -4.80. The fourth-order valence-corrected chi connectivity index (χ4v) is 2.73. The van der Waals surface area contributed by atoms with Gasteiger partial charge in [-0.15, -0.1) is 0 Å². The van der Waals surface area contributed by atoms with E-state index >= 15 is 0 Å². The average molecular weight is 483 g/mol. The predicted octanol–water partition coefficient (Wildman–Crippen LogP) is 6.17. The van der Waals surface area contributed by atoms with Crippen molar-refractivity contribution in [2.75, 3.05) is 12.4 Å². The second-order valence-corrected chi connectivity index (χ2v) is 6.48. The number of carbonyl (C=O) groups is 1. The molecule has 0 unspecified atom stereocenters. The Morgan fingerprint density at radius 3 is 2.54 bits per heavy atom. The minimum Gasteiger partial charge on any atom is -0.465 e. The number of hydrogen-bond acceptors (Lipinski definition) is 4. The Hall–Kier alpha value is -2.13. The number of ether oxygens (including phenoxy) is 2. The molecule has 0 N–H and O–H groups in total. The SMILES string of the molecule is COC(=O)c1ccc(F)cc1Oc1cccc(N=C(Cl)C(F)(F)F)c1CCBr. The summed E-state index contributed by atoms with van der Waals surface area (Å²) >= 11 is 8.46. The number of methoxy groups -OCH3 is 1. The van der Waals surface area contributed by atoms with Gasteiger partial charge < -0.3 is 9.47 Å². The summed E-state index contributed by atoms with van der Waals surface area (Å²) in [6, 6.07) is 7.42. The Labute approximate surface area is 171 Å². The van der Waals surface area contributed by atoms with E-state index in [1.54, 1.807) is 0 Å². The summed E-state index contributed by atoms with van der Waals surface area (Å²) in [5.74, 6) is -1.47. The van der Waals surface area contributed by atoms with E-state index in [9.17, 15) is 22.4 Å². The van der Waals surface area contributed by atoms with E-state index in [0.717, 1.165) is 19.2 Å². The van der Waals surface area contributed by atoms with Crippen LogP contribution in [0.15, 0.2) is 41.4 Å². The van der Waals surface area contributed by atoms with Gasteiger partial charge in [0.15, 0.2) is 0 Å². The topological polar surface area (TPSA) is 47.9 Å². The van der Waals surface area contributed by atoms with Crippen molar-refractivity contribution in [3.8, 4) is 11.5 Å². The summed E-state index contributed by atoms with van der Waals surface area (Å²) in [5, 5.41) is -1.16. The molecule has 0 aliphatic carbocycles. The molecule has 4 nitrogen and oxygen atoms in total. The number of alkyl halides is 4. The van der Waals surface area contributed by atoms with Crippen LogP contribution in [0.1, 0.15) is 15.9 Å². The second kappa shape index (κ2) is 9.38. The van der Waals surface area contributed by atoms with Crippen molar-refractivity contribution in [3.05, 3.63) is 53.3 Å². The fourth-order valence-electron chi connectivity index (χ4n) is 2.25. The number of halogens is 6. The fraction of sp³-hybridized carbons (Fsp3) is 0.222. The minimum absolute atomic E-state index is 0.0454. The zero-order chi connectivity index (χ0) is 20.9. The largest absolute Gasteiger partial charge is 0.465 e. The third-order valence-corrected chi connectivity index (χ3v) is 4.17. The first kappa shape index (κ1) is 22.2. The second-order valence-electron chi connectivity index (χ2n) is 5.33. The van der Waals surface area contributed by atoms with E-state index in [1.807, 2.05) is 0 Å². The van der Waals surface area contributed by atoms with Gasteiger partial charge in [-0.25, -0.2) is 14.2 Å². The highest BCUT2D eigenvalue weighted by atomic mass is 79.9. The van der Waals surface area contributed by atoms with Crippen LogP contribution in [0.4, 0.5) is 23.2 Å². The van der Waals surface area contributed by atoms with Crippen molar-refractivity contribution >= 4 is 44.4 Å². The van der Waals surface area contributed by atoms with Crippen molar-refractivity contribution < 1.29 is 31.8 Å². The van der Waals surface area contributed by atoms with Crippen LogP contribution >= 0.6 is 27.5 Å². The van der Waals surface area contributed by atoms with Gasteiger partial charge >= 0.3 is 12.1 Å². The van der Waals surface area contributed by atoms with E-state index in [-0.39, 0.29) is 29.2 Å². The standard InChI is InChI=1S/C18H13BrClF4NO3/c1-27-16(26)12-6-5-10(21)9-15(12)28-14-4-2-3-13(11(14)7-8-19)25-17(20)18(22,23)24/h2-6,9H,7-8H2,1H3. The number of benzene rings is 2. The summed E-state index contributed by atoms with van der Waals surface area (Å²) < 4.78 is 62.1. The van der Waals surface area contributed by atoms with Crippen molar-refractivity contribution in [2.24, 2.45) is 4.99 Å². The lowest BCUT2D eigenvalue weighted by Gasteiger charge is -2.15. The van der Waals surface area contributed by atoms with Crippen LogP contribution in [0.2, 0.25) is 0 Å². The van der Waals surface area contributed by atoms with Crippen molar-refractivity contribution in [2.45, 2.75) is 12.6 Å². The highest BCUT2D eigenvalue weighted by Crippen LogP contribution is 2.36. The van der Waals surface area contributed by atoms with Crippen molar-refractivity contribution in [3.63, 3.8) is 0 Å². The third-order valence-electron chi connectivity index (χ3n) is 3.47. The zero-order valence-electron chi connectivity index (χ0n) is 14.3. The molecule has 0 radical (unpaired) electrons. The van der Waals surface area contributed by atoms with E-state index in [0.29, 0.717) is 10.9 Å². The van der Waals surface area contributed by atoms with Crippen LogP contribution in [-0.4, -0.2) is 29.8 Å². The van der Waals surface area contributed by atoms with E-state index in [1.165, 1.54) is 24.3 Å². The summed E-state index contributed by atoms with van der Waals surface area (Å²) in [7, 11) is 1.15. The lowest BCUT2D eigenvalue weighted by atomic mass is 10.1. The maximum atomic E-state index is 13.6. The van der Waals surface area contributed by atoms with Gasteiger partial charge in [0, 0.05) is 17.0 Å². The third kappa shape index (κ3) is 5.45. The molecular formula is C18H13BrClF4NO3. The lowest BCUT2D eigenvalue weighted by molar-refractivity contribution is -0.0558. The molecule has 0 aliphatic heterocycles. The number of aliphatic imine (C=N–C) groups is 1. The molecule has 0 spiro atoms. The van der Waals surface area contributed by atoms with Gasteiger partial charge in [0.05, 0.1) is 12.8 Å². The molecule has 10 heteroatoms. The van der Waals surface area contributed by atoms with Gasteiger partial charge in [0.2, 0.25) is 5.17 Å². The Morgan fingerprint density at radius 1 is 1.21 bits per heavy atom. The molecular weight excluding hydrogens is 470 g/mol. The quantitative estimate of drug-likeness (QED) is 0.214. The predicted molar refractivity (Wildman–Crippen MR) is 101 cm³/mol. The molecule has 2 aromatic carbocycles. The van der Waals surface area contributed by atoms with Gasteiger partial charge in [-0.05, 0) is 30.7 Å².